The van der Waals surface area contributed by atoms with Gasteiger partial charge in [0.1, 0.15) is 5.41 Å². The molecule has 0 aromatic heterocycles. The third kappa shape index (κ3) is 7.30. The molecule has 29 heavy (non-hydrogen) atoms. The molecular formula is C22H31NO6. The summed E-state index contributed by atoms with van der Waals surface area (Å²) in [4.78, 5) is 24.8. The fourth-order valence-corrected chi connectivity index (χ4v) is 2.80. The van der Waals surface area contributed by atoms with E-state index >= 15 is 0 Å². The Morgan fingerprint density at radius 2 is 1.45 bits per heavy atom. The molecule has 0 fully saturated rings. The van der Waals surface area contributed by atoms with Crippen molar-refractivity contribution < 1.29 is 28.5 Å². The van der Waals surface area contributed by atoms with Crippen molar-refractivity contribution in [3.63, 3.8) is 0 Å². The van der Waals surface area contributed by atoms with Gasteiger partial charge in [-0.25, -0.2) is 0 Å². The molecule has 1 rings (SSSR count). The van der Waals surface area contributed by atoms with Gasteiger partial charge in [-0.05, 0) is 30.5 Å². The van der Waals surface area contributed by atoms with Crippen molar-refractivity contribution >= 4 is 11.9 Å². The standard InChI is InChI=1S/C22H31NO6/c1-5-7-11-28-20(24)14-22(16-23,15-21(25)29-12-8-6-2)17-9-10-18(26-3)19(13-17)27-4/h9-10,13H,5-8,11-12,14-15H2,1-4H3. The molecule has 0 saturated heterocycles. The predicted octanol–water partition coefficient (Wildman–Crippen LogP) is 3.93. The Kier molecular flexibility index (Phi) is 10.6. The molecule has 0 aliphatic heterocycles. The Morgan fingerprint density at radius 1 is 0.931 bits per heavy atom. The predicted molar refractivity (Wildman–Crippen MR) is 108 cm³/mol. The number of carbonyl (C=O) groups is 2. The van der Waals surface area contributed by atoms with Crippen LogP contribution in [0.15, 0.2) is 18.2 Å². The number of nitrogens with zero attached hydrogens (tertiary/aromatic N) is 1. The average Bonchev–Trinajstić information content (AvgIpc) is 2.73. The number of esters is 2. The van der Waals surface area contributed by atoms with Crippen LogP contribution in [-0.4, -0.2) is 39.4 Å². The maximum Gasteiger partial charge on any atom is 0.307 e. The summed E-state index contributed by atoms with van der Waals surface area (Å²) in [5.74, 6) is -0.172. The van der Waals surface area contributed by atoms with Crippen LogP contribution in [0.5, 0.6) is 11.5 Å². The zero-order valence-corrected chi connectivity index (χ0v) is 17.8. The van der Waals surface area contributed by atoms with E-state index in [9.17, 15) is 14.9 Å². The maximum atomic E-state index is 12.4. The van der Waals surface area contributed by atoms with Gasteiger partial charge in [-0.1, -0.05) is 32.8 Å². The fourth-order valence-electron chi connectivity index (χ4n) is 2.80. The lowest BCUT2D eigenvalue weighted by molar-refractivity contribution is -0.147. The van der Waals surface area contributed by atoms with Gasteiger partial charge in [-0.2, -0.15) is 5.26 Å². The first-order valence-electron chi connectivity index (χ1n) is 9.91. The highest BCUT2D eigenvalue weighted by Crippen LogP contribution is 2.37. The minimum atomic E-state index is -1.42. The first-order valence-corrected chi connectivity index (χ1v) is 9.91. The molecule has 0 heterocycles. The third-order valence-electron chi connectivity index (χ3n) is 4.56. The third-order valence-corrected chi connectivity index (χ3v) is 4.56. The number of methoxy groups -OCH3 is 2. The molecular weight excluding hydrogens is 374 g/mol. The van der Waals surface area contributed by atoms with Crippen LogP contribution in [0.3, 0.4) is 0 Å². The summed E-state index contributed by atoms with van der Waals surface area (Å²) in [6.07, 6.45) is 2.73. The molecule has 7 nitrogen and oxygen atoms in total. The van der Waals surface area contributed by atoms with E-state index < -0.39 is 17.4 Å². The number of hydrogen-bond donors (Lipinski definition) is 0. The number of rotatable bonds is 13. The van der Waals surface area contributed by atoms with Gasteiger partial charge >= 0.3 is 11.9 Å². The summed E-state index contributed by atoms with van der Waals surface area (Å²) in [7, 11) is 2.99. The fraction of sp³-hybridized carbons (Fsp3) is 0.591. The number of unbranched alkanes of at least 4 members (excludes halogenated alkanes) is 2. The van der Waals surface area contributed by atoms with Crippen molar-refractivity contribution in [3.05, 3.63) is 23.8 Å². The van der Waals surface area contributed by atoms with E-state index in [1.54, 1.807) is 18.2 Å². The van der Waals surface area contributed by atoms with Crippen molar-refractivity contribution in [2.24, 2.45) is 0 Å². The maximum absolute atomic E-state index is 12.4. The van der Waals surface area contributed by atoms with Gasteiger partial charge in [0.15, 0.2) is 11.5 Å². The highest BCUT2D eigenvalue weighted by molar-refractivity contribution is 5.78. The van der Waals surface area contributed by atoms with Crippen LogP contribution in [0, 0.1) is 11.3 Å². The molecule has 0 aliphatic rings. The van der Waals surface area contributed by atoms with E-state index in [0.717, 1.165) is 25.7 Å². The van der Waals surface area contributed by atoms with Crippen LogP contribution in [0.4, 0.5) is 0 Å². The molecule has 1 aromatic carbocycles. The average molecular weight is 405 g/mol. The van der Waals surface area contributed by atoms with Crippen molar-refractivity contribution in [1.82, 2.24) is 0 Å². The van der Waals surface area contributed by atoms with Gasteiger partial charge in [0.2, 0.25) is 0 Å². The number of benzene rings is 1. The van der Waals surface area contributed by atoms with Crippen molar-refractivity contribution in [1.29, 1.82) is 5.26 Å². The van der Waals surface area contributed by atoms with Crippen molar-refractivity contribution in [2.45, 2.75) is 57.8 Å². The molecule has 0 amide bonds. The van der Waals surface area contributed by atoms with Crippen LogP contribution in [0.1, 0.15) is 57.9 Å². The topological polar surface area (TPSA) is 94.9 Å². The molecule has 7 heteroatoms. The first-order chi connectivity index (χ1) is 14.0. The van der Waals surface area contributed by atoms with E-state index in [2.05, 4.69) is 6.07 Å². The van der Waals surface area contributed by atoms with E-state index in [4.69, 9.17) is 18.9 Å². The van der Waals surface area contributed by atoms with E-state index in [-0.39, 0.29) is 26.1 Å². The first kappa shape index (κ1) is 24.3. The SMILES string of the molecule is CCCCOC(=O)CC(C#N)(CC(=O)OCCCC)c1ccc(OC)c(OC)c1. The van der Waals surface area contributed by atoms with Gasteiger partial charge in [-0.3, -0.25) is 9.59 Å². The second-order valence-electron chi connectivity index (χ2n) is 6.77. The zero-order valence-electron chi connectivity index (χ0n) is 17.8. The molecule has 0 atom stereocenters. The van der Waals surface area contributed by atoms with Gasteiger partial charge in [0.25, 0.3) is 0 Å². The van der Waals surface area contributed by atoms with Crippen LogP contribution in [-0.2, 0) is 24.5 Å². The Balaban J connectivity index is 3.19. The lowest BCUT2D eigenvalue weighted by atomic mass is 9.76. The minimum absolute atomic E-state index is 0.258. The van der Waals surface area contributed by atoms with Gasteiger partial charge in [-0.15, -0.1) is 0 Å². The molecule has 0 N–H and O–H groups in total. The van der Waals surface area contributed by atoms with Crippen molar-refractivity contribution in [2.75, 3.05) is 27.4 Å². The summed E-state index contributed by atoms with van der Waals surface area (Å²) in [6, 6.07) is 7.08. The lowest BCUT2D eigenvalue weighted by Crippen LogP contribution is -2.32. The van der Waals surface area contributed by atoms with Gasteiger partial charge in [0.05, 0.1) is 46.3 Å². The molecule has 0 unspecified atom stereocenters. The Labute approximate surface area is 172 Å². The summed E-state index contributed by atoms with van der Waals surface area (Å²) in [5.41, 5.74) is -0.955. The number of ether oxygens (including phenoxy) is 4. The van der Waals surface area contributed by atoms with E-state index in [1.807, 2.05) is 13.8 Å². The molecule has 0 spiro atoms. The van der Waals surface area contributed by atoms with Crippen LogP contribution in [0.25, 0.3) is 0 Å². The Bertz CT molecular complexity index is 686. The summed E-state index contributed by atoms with van der Waals surface area (Å²) >= 11 is 0. The quantitative estimate of drug-likeness (QED) is 0.362. The second kappa shape index (κ2) is 12.7. The van der Waals surface area contributed by atoms with Crippen LogP contribution < -0.4 is 9.47 Å². The van der Waals surface area contributed by atoms with E-state index in [1.165, 1.54) is 14.2 Å². The van der Waals surface area contributed by atoms with Gasteiger partial charge < -0.3 is 18.9 Å². The van der Waals surface area contributed by atoms with Crippen molar-refractivity contribution in [3.8, 4) is 17.6 Å². The van der Waals surface area contributed by atoms with Gasteiger partial charge in [0, 0.05) is 0 Å². The molecule has 0 bridgehead atoms. The summed E-state index contributed by atoms with van der Waals surface area (Å²) in [6.45, 7) is 4.54. The smallest absolute Gasteiger partial charge is 0.307 e. The number of hydrogen-bond acceptors (Lipinski definition) is 7. The molecule has 160 valence electrons. The monoisotopic (exact) mass is 405 g/mol. The molecule has 0 radical (unpaired) electrons. The molecule has 1 aromatic rings. The summed E-state index contributed by atoms with van der Waals surface area (Å²) in [5, 5.41) is 10.0. The largest absolute Gasteiger partial charge is 0.493 e. The zero-order chi connectivity index (χ0) is 21.7. The van der Waals surface area contributed by atoms with Crippen LogP contribution in [0.2, 0.25) is 0 Å². The van der Waals surface area contributed by atoms with E-state index in [0.29, 0.717) is 17.1 Å². The molecule has 0 aliphatic carbocycles. The highest BCUT2D eigenvalue weighted by atomic mass is 16.5. The van der Waals surface area contributed by atoms with Crippen LogP contribution >= 0.6 is 0 Å². The lowest BCUT2D eigenvalue weighted by Gasteiger charge is -2.26. The number of nitriles is 1. The Morgan fingerprint density at radius 3 is 1.86 bits per heavy atom. The minimum Gasteiger partial charge on any atom is -0.493 e. The normalized spacial score (nSPS) is 10.7. The number of carbonyl (C=O) groups excluding carboxylic acids is 2. The Hall–Kier alpha value is -2.75. The summed E-state index contributed by atoms with van der Waals surface area (Å²) < 4.78 is 21.0. The molecule has 0 saturated carbocycles. The highest BCUT2D eigenvalue weighted by Gasteiger charge is 2.39. The second-order valence-corrected chi connectivity index (χ2v) is 6.77.